The lowest BCUT2D eigenvalue weighted by Gasteiger charge is -2.08. The fourth-order valence-electron chi connectivity index (χ4n) is 1.84. The SMILES string of the molecule is CCOc1ccc(C(=O)Nc2sccc2C(=O)NNC(C)=O)cc1. The lowest BCUT2D eigenvalue weighted by Crippen LogP contribution is -2.40. The first-order valence-electron chi connectivity index (χ1n) is 7.20. The molecule has 0 aliphatic heterocycles. The number of rotatable bonds is 5. The Morgan fingerprint density at radius 1 is 1.04 bits per heavy atom. The minimum absolute atomic E-state index is 0.271. The molecule has 0 bridgehead atoms. The third-order valence-electron chi connectivity index (χ3n) is 2.92. The van der Waals surface area contributed by atoms with E-state index < -0.39 is 11.8 Å². The monoisotopic (exact) mass is 347 g/mol. The van der Waals surface area contributed by atoms with Gasteiger partial charge in [-0.05, 0) is 42.6 Å². The van der Waals surface area contributed by atoms with Crippen molar-refractivity contribution < 1.29 is 19.1 Å². The summed E-state index contributed by atoms with van der Waals surface area (Å²) in [5.41, 5.74) is 5.18. The van der Waals surface area contributed by atoms with Crippen LogP contribution < -0.4 is 20.9 Å². The second kappa shape index (κ2) is 8.11. The Morgan fingerprint density at radius 3 is 2.38 bits per heavy atom. The van der Waals surface area contributed by atoms with Crippen LogP contribution in [0.1, 0.15) is 34.6 Å². The molecule has 3 amide bonds. The molecule has 0 saturated carbocycles. The number of amides is 3. The third kappa shape index (κ3) is 4.56. The van der Waals surface area contributed by atoms with E-state index in [4.69, 9.17) is 4.74 Å². The van der Waals surface area contributed by atoms with Gasteiger partial charge in [0.05, 0.1) is 12.2 Å². The molecule has 3 N–H and O–H groups in total. The number of carbonyl (C=O) groups is 3. The Morgan fingerprint density at radius 2 is 1.75 bits per heavy atom. The Bertz CT molecular complexity index is 740. The first-order valence-corrected chi connectivity index (χ1v) is 8.08. The first kappa shape index (κ1) is 17.5. The van der Waals surface area contributed by atoms with E-state index in [9.17, 15) is 14.4 Å². The van der Waals surface area contributed by atoms with E-state index in [1.54, 1.807) is 35.7 Å². The summed E-state index contributed by atoms with van der Waals surface area (Å²) in [5, 5.41) is 4.77. The number of hydrazine groups is 1. The summed E-state index contributed by atoms with van der Waals surface area (Å²) in [5.74, 6) is -0.554. The molecular formula is C16H17N3O4S. The molecule has 0 unspecified atom stereocenters. The van der Waals surface area contributed by atoms with Crippen LogP contribution in [-0.2, 0) is 4.79 Å². The van der Waals surface area contributed by atoms with Crippen molar-refractivity contribution in [1.29, 1.82) is 0 Å². The summed E-state index contributed by atoms with van der Waals surface area (Å²) in [4.78, 5) is 35.1. The average Bonchev–Trinajstić information content (AvgIpc) is 3.01. The Hall–Kier alpha value is -2.87. The molecule has 0 radical (unpaired) electrons. The van der Waals surface area contributed by atoms with Crippen molar-refractivity contribution in [3.05, 3.63) is 46.8 Å². The normalized spacial score (nSPS) is 9.92. The maximum atomic E-state index is 12.3. The van der Waals surface area contributed by atoms with Crippen LogP contribution in [-0.4, -0.2) is 24.3 Å². The van der Waals surface area contributed by atoms with Gasteiger partial charge in [0.2, 0.25) is 5.91 Å². The second-order valence-electron chi connectivity index (χ2n) is 4.71. The molecule has 2 rings (SSSR count). The molecule has 0 aliphatic rings. The first-order chi connectivity index (χ1) is 11.5. The van der Waals surface area contributed by atoms with Crippen LogP contribution in [0.15, 0.2) is 35.7 Å². The summed E-state index contributed by atoms with van der Waals surface area (Å²) in [6.07, 6.45) is 0. The van der Waals surface area contributed by atoms with E-state index in [1.165, 1.54) is 18.3 Å². The van der Waals surface area contributed by atoms with Crippen LogP contribution in [0, 0.1) is 0 Å². The molecule has 0 spiro atoms. The Kier molecular flexibility index (Phi) is 5.91. The summed E-state index contributed by atoms with van der Waals surface area (Å²) < 4.78 is 5.33. The van der Waals surface area contributed by atoms with Gasteiger partial charge in [0.1, 0.15) is 10.8 Å². The van der Waals surface area contributed by atoms with Gasteiger partial charge in [-0.15, -0.1) is 11.3 Å². The highest BCUT2D eigenvalue weighted by atomic mass is 32.1. The predicted molar refractivity (Wildman–Crippen MR) is 91.2 cm³/mol. The van der Waals surface area contributed by atoms with Crippen molar-refractivity contribution >= 4 is 34.1 Å². The third-order valence-corrected chi connectivity index (χ3v) is 3.75. The van der Waals surface area contributed by atoms with Gasteiger partial charge < -0.3 is 10.1 Å². The maximum Gasteiger partial charge on any atom is 0.272 e. The van der Waals surface area contributed by atoms with E-state index in [2.05, 4.69) is 16.2 Å². The maximum absolute atomic E-state index is 12.3. The highest BCUT2D eigenvalue weighted by Crippen LogP contribution is 2.24. The van der Waals surface area contributed by atoms with E-state index in [0.29, 0.717) is 22.9 Å². The van der Waals surface area contributed by atoms with E-state index >= 15 is 0 Å². The predicted octanol–water partition coefficient (Wildman–Crippen LogP) is 2.18. The summed E-state index contributed by atoms with van der Waals surface area (Å²) in [6.45, 7) is 3.71. The molecular weight excluding hydrogens is 330 g/mol. The smallest absolute Gasteiger partial charge is 0.272 e. The summed E-state index contributed by atoms with van der Waals surface area (Å²) in [6, 6.07) is 8.26. The zero-order chi connectivity index (χ0) is 17.5. The summed E-state index contributed by atoms with van der Waals surface area (Å²) >= 11 is 1.22. The van der Waals surface area contributed by atoms with Crippen LogP contribution >= 0.6 is 11.3 Å². The van der Waals surface area contributed by atoms with Gasteiger partial charge in [0.25, 0.3) is 11.8 Å². The second-order valence-corrected chi connectivity index (χ2v) is 5.63. The molecule has 1 aromatic heterocycles. The van der Waals surface area contributed by atoms with Crippen molar-refractivity contribution in [2.24, 2.45) is 0 Å². The topological polar surface area (TPSA) is 96.5 Å². The molecule has 0 aliphatic carbocycles. The highest BCUT2D eigenvalue weighted by molar-refractivity contribution is 7.14. The molecule has 7 nitrogen and oxygen atoms in total. The van der Waals surface area contributed by atoms with Crippen LogP contribution in [0.2, 0.25) is 0 Å². The standard InChI is InChI=1S/C16H17N3O4S/c1-3-23-12-6-4-11(5-7-12)14(21)17-16-13(8-9-24-16)15(22)19-18-10(2)20/h4-9H,3H2,1-2H3,(H,17,21)(H,18,20)(H,19,22). The number of hydrogen-bond acceptors (Lipinski definition) is 5. The van der Waals surface area contributed by atoms with Crippen LogP contribution in [0.25, 0.3) is 0 Å². The molecule has 8 heteroatoms. The highest BCUT2D eigenvalue weighted by Gasteiger charge is 2.16. The molecule has 2 aromatic rings. The van der Waals surface area contributed by atoms with Crippen molar-refractivity contribution in [2.45, 2.75) is 13.8 Å². The van der Waals surface area contributed by atoms with Gasteiger partial charge in [-0.3, -0.25) is 25.2 Å². The molecule has 1 aromatic carbocycles. The number of ether oxygens (including phenoxy) is 1. The van der Waals surface area contributed by atoms with Gasteiger partial charge in [-0.2, -0.15) is 0 Å². The van der Waals surface area contributed by atoms with Gasteiger partial charge >= 0.3 is 0 Å². The number of hydrogen-bond donors (Lipinski definition) is 3. The molecule has 0 fully saturated rings. The lowest BCUT2D eigenvalue weighted by molar-refractivity contribution is -0.119. The van der Waals surface area contributed by atoms with Crippen molar-refractivity contribution in [1.82, 2.24) is 10.9 Å². The Balaban J connectivity index is 2.05. The number of carbonyl (C=O) groups excluding carboxylic acids is 3. The lowest BCUT2D eigenvalue weighted by atomic mass is 10.2. The number of benzene rings is 1. The molecule has 1 heterocycles. The van der Waals surface area contributed by atoms with Gasteiger partial charge in [0.15, 0.2) is 0 Å². The molecule has 24 heavy (non-hydrogen) atoms. The van der Waals surface area contributed by atoms with E-state index in [0.717, 1.165) is 0 Å². The largest absolute Gasteiger partial charge is 0.494 e. The molecule has 126 valence electrons. The quantitative estimate of drug-likeness (QED) is 0.722. The minimum Gasteiger partial charge on any atom is -0.494 e. The van der Waals surface area contributed by atoms with Gasteiger partial charge in [-0.1, -0.05) is 0 Å². The number of nitrogens with one attached hydrogen (secondary N) is 3. The Labute approximate surface area is 143 Å². The fraction of sp³-hybridized carbons (Fsp3) is 0.188. The average molecular weight is 347 g/mol. The van der Waals surface area contributed by atoms with Crippen molar-refractivity contribution in [3.8, 4) is 5.75 Å². The fourth-order valence-corrected chi connectivity index (χ4v) is 2.62. The minimum atomic E-state index is -0.506. The van der Waals surface area contributed by atoms with Crippen LogP contribution in [0.4, 0.5) is 5.00 Å². The number of thiophene rings is 1. The van der Waals surface area contributed by atoms with Crippen molar-refractivity contribution in [3.63, 3.8) is 0 Å². The van der Waals surface area contributed by atoms with Crippen LogP contribution in [0.3, 0.4) is 0 Å². The van der Waals surface area contributed by atoms with Gasteiger partial charge in [0, 0.05) is 12.5 Å². The van der Waals surface area contributed by atoms with Crippen LogP contribution in [0.5, 0.6) is 5.75 Å². The van der Waals surface area contributed by atoms with Gasteiger partial charge in [-0.25, -0.2) is 0 Å². The van der Waals surface area contributed by atoms with Crippen molar-refractivity contribution in [2.75, 3.05) is 11.9 Å². The molecule has 0 atom stereocenters. The molecule has 0 saturated heterocycles. The zero-order valence-electron chi connectivity index (χ0n) is 13.2. The zero-order valence-corrected chi connectivity index (χ0v) is 14.0. The summed E-state index contributed by atoms with van der Waals surface area (Å²) in [7, 11) is 0. The van der Waals surface area contributed by atoms with E-state index in [-0.39, 0.29) is 11.5 Å². The number of anilines is 1. The van der Waals surface area contributed by atoms with E-state index in [1.807, 2.05) is 6.92 Å².